The van der Waals surface area contributed by atoms with Crippen LogP contribution in [0.5, 0.6) is 0 Å². The minimum Gasteiger partial charge on any atom is -0.456 e. The van der Waals surface area contributed by atoms with Crippen molar-refractivity contribution < 1.29 is 14.3 Å². The molecular formula is C21H25N7O3. The van der Waals surface area contributed by atoms with Crippen molar-refractivity contribution in [3.8, 4) is 5.82 Å². The van der Waals surface area contributed by atoms with Gasteiger partial charge in [-0.15, -0.1) is 5.10 Å². The predicted molar refractivity (Wildman–Crippen MR) is 108 cm³/mol. The standard InChI is InChI=1S/C21H25N7O3/c1-14-9-21(20(30)28(14)17-8-19(29)31-12-17)6-4-16(5-7-21)22-10-15-2-3-18(23-11-15)27-13-24-25-26-27/h2-3,8,11,13-14,16,22H,4-7,9-10,12H2,1H3. The van der Waals surface area contributed by atoms with E-state index in [-0.39, 0.29) is 29.9 Å². The van der Waals surface area contributed by atoms with E-state index < -0.39 is 0 Å². The number of amides is 1. The quantitative estimate of drug-likeness (QED) is 0.712. The number of aromatic nitrogens is 5. The number of hydrogen-bond donors (Lipinski definition) is 1. The van der Waals surface area contributed by atoms with Crippen LogP contribution in [-0.4, -0.2) is 60.7 Å². The second kappa shape index (κ2) is 7.84. The molecule has 2 aromatic rings. The minimum absolute atomic E-state index is 0.0996. The van der Waals surface area contributed by atoms with E-state index in [1.807, 2.05) is 18.3 Å². The van der Waals surface area contributed by atoms with Crippen molar-refractivity contribution in [1.82, 2.24) is 35.4 Å². The zero-order valence-electron chi connectivity index (χ0n) is 17.4. The van der Waals surface area contributed by atoms with Crippen molar-refractivity contribution in [2.45, 2.75) is 57.7 Å². The number of tetrazole rings is 1. The van der Waals surface area contributed by atoms with E-state index in [1.54, 1.807) is 4.90 Å². The zero-order chi connectivity index (χ0) is 21.4. The molecule has 1 aliphatic carbocycles. The largest absolute Gasteiger partial charge is 0.456 e. The number of nitrogens with zero attached hydrogens (tertiary/aromatic N) is 6. The molecule has 31 heavy (non-hydrogen) atoms. The van der Waals surface area contributed by atoms with Gasteiger partial charge in [0.15, 0.2) is 5.82 Å². The number of carbonyl (C=O) groups excluding carboxylic acids is 2. The maximum Gasteiger partial charge on any atom is 0.333 e. The monoisotopic (exact) mass is 423 g/mol. The number of pyridine rings is 1. The van der Waals surface area contributed by atoms with E-state index in [0.29, 0.717) is 17.6 Å². The van der Waals surface area contributed by atoms with Crippen LogP contribution in [0.1, 0.15) is 44.6 Å². The first-order valence-corrected chi connectivity index (χ1v) is 10.7. The SMILES string of the molecule is CC1CC2(CCC(NCc3ccc(-n4cnnn4)nc3)CC2)C(=O)N1C1=CC(=O)OC1. The van der Waals surface area contributed by atoms with Gasteiger partial charge in [-0.1, -0.05) is 6.07 Å². The highest BCUT2D eigenvalue weighted by Crippen LogP contribution is 2.48. The third-order valence-corrected chi connectivity index (χ3v) is 6.69. The Bertz CT molecular complexity index is 994. The highest BCUT2D eigenvalue weighted by molar-refractivity contribution is 5.91. The van der Waals surface area contributed by atoms with Gasteiger partial charge in [-0.25, -0.2) is 9.78 Å². The molecule has 1 spiro atoms. The second-order valence-electron chi connectivity index (χ2n) is 8.69. The summed E-state index contributed by atoms with van der Waals surface area (Å²) in [6.45, 7) is 2.99. The van der Waals surface area contributed by atoms with Crippen LogP contribution in [-0.2, 0) is 20.9 Å². The third-order valence-electron chi connectivity index (χ3n) is 6.69. The van der Waals surface area contributed by atoms with Gasteiger partial charge in [0.05, 0.1) is 11.1 Å². The number of ether oxygens (including phenoxy) is 1. The Kier molecular flexibility index (Phi) is 5.01. The number of likely N-dealkylation sites (tertiary alicyclic amines) is 1. The lowest BCUT2D eigenvalue weighted by Crippen LogP contribution is -2.42. The average Bonchev–Trinajstić information content (AvgIpc) is 3.50. The van der Waals surface area contributed by atoms with Crippen LogP contribution in [0.2, 0.25) is 0 Å². The Balaban J connectivity index is 1.16. The van der Waals surface area contributed by atoms with Crippen molar-refractivity contribution in [2.24, 2.45) is 5.41 Å². The summed E-state index contributed by atoms with van der Waals surface area (Å²) in [7, 11) is 0. The Labute approximate surface area is 179 Å². The van der Waals surface area contributed by atoms with E-state index >= 15 is 0 Å². The molecule has 0 radical (unpaired) electrons. The first kappa shape index (κ1) is 19.8. The van der Waals surface area contributed by atoms with Gasteiger partial charge < -0.3 is 15.0 Å². The van der Waals surface area contributed by atoms with Gasteiger partial charge in [0.1, 0.15) is 12.9 Å². The van der Waals surface area contributed by atoms with Crippen LogP contribution in [0.3, 0.4) is 0 Å². The van der Waals surface area contributed by atoms with Crippen molar-refractivity contribution >= 4 is 11.9 Å². The molecule has 10 nitrogen and oxygen atoms in total. The second-order valence-corrected chi connectivity index (χ2v) is 8.69. The van der Waals surface area contributed by atoms with Crippen LogP contribution < -0.4 is 5.32 Å². The first-order chi connectivity index (χ1) is 15.0. The molecule has 1 N–H and O–H groups in total. The Hall–Kier alpha value is -3.14. The summed E-state index contributed by atoms with van der Waals surface area (Å²) >= 11 is 0. The molecule has 162 valence electrons. The molecule has 5 rings (SSSR count). The van der Waals surface area contributed by atoms with Gasteiger partial charge >= 0.3 is 5.97 Å². The number of nitrogens with one attached hydrogen (secondary N) is 1. The van der Waals surface area contributed by atoms with Crippen molar-refractivity contribution in [3.63, 3.8) is 0 Å². The van der Waals surface area contributed by atoms with E-state index in [2.05, 4.69) is 32.7 Å². The molecule has 1 unspecified atom stereocenters. The van der Waals surface area contributed by atoms with Gasteiger partial charge in [0.25, 0.3) is 0 Å². The minimum atomic E-state index is -0.357. The zero-order valence-corrected chi connectivity index (χ0v) is 17.4. The molecule has 2 aromatic heterocycles. The van der Waals surface area contributed by atoms with Crippen molar-refractivity contribution in [1.29, 1.82) is 0 Å². The van der Waals surface area contributed by atoms with E-state index in [9.17, 15) is 9.59 Å². The molecule has 0 aromatic carbocycles. The Morgan fingerprint density at radius 2 is 2.10 bits per heavy atom. The molecule has 1 amide bonds. The van der Waals surface area contributed by atoms with E-state index in [0.717, 1.165) is 44.2 Å². The molecule has 3 aliphatic rings. The van der Waals surface area contributed by atoms with Gasteiger partial charge in [0.2, 0.25) is 5.91 Å². The van der Waals surface area contributed by atoms with Crippen LogP contribution in [0.4, 0.5) is 0 Å². The van der Waals surface area contributed by atoms with Crippen LogP contribution in [0.25, 0.3) is 5.82 Å². The lowest BCUT2D eigenvalue weighted by atomic mass is 9.70. The topological polar surface area (TPSA) is 115 Å². The summed E-state index contributed by atoms with van der Waals surface area (Å²) in [6, 6.07) is 4.38. The average molecular weight is 423 g/mol. The number of rotatable bonds is 5. The lowest BCUT2D eigenvalue weighted by Gasteiger charge is -2.36. The van der Waals surface area contributed by atoms with Crippen LogP contribution in [0, 0.1) is 5.41 Å². The molecule has 10 heteroatoms. The summed E-state index contributed by atoms with van der Waals surface area (Å²) in [6.07, 6.45) is 9.27. The summed E-state index contributed by atoms with van der Waals surface area (Å²) < 4.78 is 6.54. The lowest BCUT2D eigenvalue weighted by molar-refractivity contribution is -0.138. The highest BCUT2D eigenvalue weighted by Gasteiger charge is 2.52. The van der Waals surface area contributed by atoms with Gasteiger partial charge in [-0.05, 0) is 61.1 Å². The third kappa shape index (κ3) is 3.71. The maximum absolute atomic E-state index is 13.3. The summed E-state index contributed by atoms with van der Waals surface area (Å²) in [5.41, 5.74) is 1.49. The summed E-state index contributed by atoms with van der Waals surface area (Å²) in [5.74, 6) is 0.478. The smallest absolute Gasteiger partial charge is 0.333 e. The van der Waals surface area contributed by atoms with Crippen molar-refractivity contribution in [2.75, 3.05) is 6.61 Å². The van der Waals surface area contributed by atoms with Gasteiger partial charge in [-0.2, -0.15) is 4.68 Å². The Morgan fingerprint density at radius 1 is 1.26 bits per heavy atom. The molecule has 2 fully saturated rings. The fourth-order valence-electron chi connectivity index (χ4n) is 5.09. The summed E-state index contributed by atoms with van der Waals surface area (Å²) in [4.78, 5) is 30.9. The van der Waals surface area contributed by atoms with E-state index in [4.69, 9.17) is 4.74 Å². The number of carbonyl (C=O) groups is 2. The number of cyclic esters (lactones) is 1. The summed E-state index contributed by atoms with van der Waals surface area (Å²) in [5, 5.41) is 14.7. The van der Waals surface area contributed by atoms with E-state index in [1.165, 1.54) is 17.1 Å². The fourth-order valence-corrected chi connectivity index (χ4v) is 5.09. The first-order valence-electron chi connectivity index (χ1n) is 10.7. The number of hydrogen-bond acceptors (Lipinski definition) is 8. The molecule has 1 saturated heterocycles. The molecule has 2 aliphatic heterocycles. The maximum atomic E-state index is 13.3. The normalized spacial score (nSPS) is 28.3. The Morgan fingerprint density at radius 3 is 2.74 bits per heavy atom. The molecule has 1 atom stereocenters. The number of esters is 1. The molecule has 0 bridgehead atoms. The van der Waals surface area contributed by atoms with Crippen LogP contribution >= 0.6 is 0 Å². The van der Waals surface area contributed by atoms with Crippen LogP contribution in [0.15, 0.2) is 36.4 Å². The highest BCUT2D eigenvalue weighted by atomic mass is 16.5. The predicted octanol–water partition coefficient (Wildman–Crippen LogP) is 1.14. The molecule has 1 saturated carbocycles. The molecular weight excluding hydrogens is 398 g/mol. The molecule has 4 heterocycles. The van der Waals surface area contributed by atoms with Gasteiger partial charge in [-0.3, -0.25) is 4.79 Å². The fraction of sp³-hybridized carbons (Fsp3) is 0.524. The van der Waals surface area contributed by atoms with Gasteiger partial charge in [0, 0.05) is 30.9 Å². The van der Waals surface area contributed by atoms with Crippen molar-refractivity contribution in [3.05, 3.63) is 42.0 Å².